The van der Waals surface area contributed by atoms with Crippen LogP contribution in [-0.2, 0) is 6.42 Å². The molecule has 3 nitrogen and oxygen atoms in total. The van der Waals surface area contributed by atoms with Crippen molar-refractivity contribution in [2.75, 3.05) is 18.4 Å². The minimum absolute atomic E-state index is 0.0709. The fourth-order valence-electron chi connectivity index (χ4n) is 2.11. The molecule has 1 fully saturated rings. The van der Waals surface area contributed by atoms with Crippen LogP contribution in [0, 0.1) is 5.92 Å². The molecule has 3 heteroatoms. The summed E-state index contributed by atoms with van der Waals surface area (Å²) in [7, 11) is 0. The lowest BCUT2D eigenvalue weighted by Crippen LogP contribution is -2.25. The van der Waals surface area contributed by atoms with Crippen molar-refractivity contribution in [2.24, 2.45) is 5.92 Å². The van der Waals surface area contributed by atoms with Gasteiger partial charge in [0.15, 0.2) is 0 Å². The summed E-state index contributed by atoms with van der Waals surface area (Å²) in [6, 6.07) is 5.92. The molecule has 1 aliphatic carbocycles. The van der Waals surface area contributed by atoms with Gasteiger partial charge < -0.3 is 10.6 Å². The van der Waals surface area contributed by atoms with Crippen LogP contribution >= 0.6 is 0 Å². The maximum atomic E-state index is 11.8. The molecule has 2 aliphatic rings. The molecule has 0 aromatic heterocycles. The number of benzene rings is 1. The summed E-state index contributed by atoms with van der Waals surface area (Å²) in [5.74, 6) is 0.807. The van der Waals surface area contributed by atoms with E-state index in [0.29, 0.717) is 0 Å². The summed E-state index contributed by atoms with van der Waals surface area (Å²) in [5.41, 5.74) is 3.24. The molecule has 2 N–H and O–H groups in total. The van der Waals surface area contributed by atoms with Crippen LogP contribution in [0.25, 0.3) is 0 Å². The second-order valence-electron chi connectivity index (χ2n) is 4.70. The normalized spacial score (nSPS) is 17.8. The number of hydrogen-bond donors (Lipinski definition) is 2. The van der Waals surface area contributed by atoms with Gasteiger partial charge >= 0.3 is 0 Å². The Morgan fingerprint density at radius 3 is 3.12 bits per heavy atom. The third kappa shape index (κ3) is 1.90. The number of fused-ring (bicyclic) bond motifs is 1. The molecule has 0 spiro atoms. The standard InChI is InChI=1S/C13H16N2O/c16-13(15-8-9-1-2-9)11-3-4-12-10(7-11)5-6-14-12/h3-4,7,9,14H,1-2,5-6,8H2,(H,15,16). The van der Waals surface area contributed by atoms with Crippen LogP contribution in [0.3, 0.4) is 0 Å². The van der Waals surface area contributed by atoms with Gasteiger partial charge in [0.05, 0.1) is 0 Å². The van der Waals surface area contributed by atoms with Gasteiger partial charge in [0.1, 0.15) is 0 Å². The highest BCUT2D eigenvalue weighted by Crippen LogP contribution is 2.28. The van der Waals surface area contributed by atoms with Crippen molar-refractivity contribution < 1.29 is 4.79 Å². The van der Waals surface area contributed by atoms with E-state index in [2.05, 4.69) is 10.6 Å². The Labute approximate surface area is 95.2 Å². The number of carbonyl (C=O) groups is 1. The zero-order valence-electron chi connectivity index (χ0n) is 9.25. The molecule has 1 heterocycles. The largest absolute Gasteiger partial charge is 0.384 e. The molecular weight excluding hydrogens is 200 g/mol. The van der Waals surface area contributed by atoms with Crippen LogP contribution in [-0.4, -0.2) is 19.0 Å². The van der Waals surface area contributed by atoms with E-state index in [1.54, 1.807) is 0 Å². The van der Waals surface area contributed by atoms with E-state index < -0.39 is 0 Å². The van der Waals surface area contributed by atoms with Gasteiger partial charge in [-0.2, -0.15) is 0 Å². The summed E-state index contributed by atoms with van der Waals surface area (Å²) in [6.07, 6.45) is 3.57. The zero-order valence-corrected chi connectivity index (χ0v) is 9.25. The number of nitrogens with one attached hydrogen (secondary N) is 2. The highest BCUT2D eigenvalue weighted by Gasteiger charge is 2.22. The van der Waals surface area contributed by atoms with Gasteiger partial charge in [-0.25, -0.2) is 0 Å². The van der Waals surface area contributed by atoms with Crippen molar-refractivity contribution in [3.05, 3.63) is 29.3 Å². The SMILES string of the molecule is O=C(NCC1CC1)c1ccc2c(c1)CCN2. The van der Waals surface area contributed by atoms with E-state index in [1.165, 1.54) is 24.1 Å². The van der Waals surface area contributed by atoms with Crippen LogP contribution in [0.2, 0.25) is 0 Å². The Kier molecular flexibility index (Phi) is 2.31. The Balaban J connectivity index is 1.70. The molecule has 1 amide bonds. The van der Waals surface area contributed by atoms with Crippen LogP contribution in [0.1, 0.15) is 28.8 Å². The summed E-state index contributed by atoms with van der Waals surface area (Å²) in [4.78, 5) is 11.8. The molecule has 0 radical (unpaired) electrons. The first-order chi connectivity index (χ1) is 7.83. The van der Waals surface area contributed by atoms with Crippen LogP contribution in [0.4, 0.5) is 5.69 Å². The van der Waals surface area contributed by atoms with Crippen LogP contribution < -0.4 is 10.6 Å². The van der Waals surface area contributed by atoms with Crippen molar-refractivity contribution in [1.82, 2.24) is 5.32 Å². The van der Waals surface area contributed by atoms with Crippen LogP contribution in [0.15, 0.2) is 18.2 Å². The second kappa shape index (κ2) is 3.81. The van der Waals surface area contributed by atoms with Crippen molar-refractivity contribution in [1.29, 1.82) is 0 Å². The van der Waals surface area contributed by atoms with Gasteiger partial charge in [-0.05, 0) is 48.9 Å². The average Bonchev–Trinajstić information content (AvgIpc) is 3.01. The van der Waals surface area contributed by atoms with Gasteiger partial charge in [0.2, 0.25) is 0 Å². The number of hydrogen-bond acceptors (Lipinski definition) is 2. The lowest BCUT2D eigenvalue weighted by molar-refractivity contribution is 0.0952. The molecule has 1 saturated carbocycles. The highest BCUT2D eigenvalue weighted by atomic mass is 16.1. The number of rotatable bonds is 3. The lowest BCUT2D eigenvalue weighted by atomic mass is 10.1. The molecule has 84 valence electrons. The molecule has 1 aromatic carbocycles. The van der Waals surface area contributed by atoms with Crippen molar-refractivity contribution in [2.45, 2.75) is 19.3 Å². The molecule has 0 atom stereocenters. The van der Waals surface area contributed by atoms with Gasteiger partial charge in [-0.3, -0.25) is 4.79 Å². The molecule has 16 heavy (non-hydrogen) atoms. The predicted molar refractivity (Wildman–Crippen MR) is 63.7 cm³/mol. The average molecular weight is 216 g/mol. The Hall–Kier alpha value is -1.51. The number of anilines is 1. The van der Waals surface area contributed by atoms with Gasteiger partial charge in [0, 0.05) is 24.3 Å². The van der Waals surface area contributed by atoms with Crippen molar-refractivity contribution in [3.8, 4) is 0 Å². The minimum atomic E-state index is 0.0709. The van der Waals surface area contributed by atoms with Gasteiger partial charge in [0.25, 0.3) is 5.91 Å². The highest BCUT2D eigenvalue weighted by molar-refractivity contribution is 5.95. The minimum Gasteiger partial charge on any atom is -0.384 e. The van der Waals surface area contributed by atoms with Crippen molar-refractivity contribution >= 4 is 11.6 Å². The van der Waals surface area contributed by atoms with Crippen molar-refractivity contribution in [3.63, 3.8) is 0 Å². The third-order valence-corrected chi connectivity index (χ3v) is 3.33. The quantitative estimate of drug-likeness (QED) is 0.808. The van der Waals surface area contributed by atoms with Crippen LogP contribution in [0.5, 0.6) is 0 Å². The number of amides is 1. The fourth-order valence-corrected chi connectivity index (χ4v) is 2.11. The first-order valence-electron chi connectivity index (χ1n) is 5.98. The molecule has 1 aliphatic heterocycles. The Morgan fingerprint density at radius 1 is 1.44 bits per heavy atom. The van der Waals surface area contributed by atoms with E-state index in [-0.39, 0.29) is 5.91 Å². The van der Waals surface area contributed by atoms with E-state index in [0.717, 1.165) is 31.0 Å². The first kappa shape index (κ1) is 9.70. The van der Waals surface area contributed by atoms with E-state index in [9.17, 15) is 4.79 Å². The maximum absolute atomic E-state index is 11.8. The van der Waals surface area contributed by atoms with E-state index in [4.69, 9.17) is 0 Å². The smallest absolute Gasteiger partial charge is 0.251 e. The third-order valence-electron chi connectivity index (χ3n) is 3.33. The first-order valence-corrected chi connectivity index (χ1v) is 5.98. The van der Waals surface area contributed by atoms with E-state index >= 15 is 0 Å². The summed E-state index contributed by atoms with van der Waals surface area (Å²) in [5, 5.41) is 6.29. The summed E-state index contributed by atoms with van der Waals surface area (Å²) < 4.78 is 0. The molecule has 0 saturated heterocycles. The Morgan fingerprint density at radius 2 is 2.31 bits per heavy atom. The topological polar surface area (TPSA) is 41.1 Å². The molecule has 3 rings (SSSR count). The molecule has 0 bridgehead atoms. The van der Waals surface area contributed by atoms with Gasteiger partial charge in [-0.15, -0.1) is 0 Å². The second-order valence-corrected chi connectivity index (χ2v) is 4.70. The summed E-state index contributed by atoms with van der Waals surface area (Å²) in [6.45, 7) is 1.83. The van der Waals surface area contributed by atoms with E-state index in [1.807, 2.05) is 18.2 Å². The fraction of sp³-hybridized carbons (Fsp3) is 0.462. The lowest BCUT2D eigenvalue weighted by Gasteiger charge is -2.06. The summed E-state index contributed by atoms with van der Waals surface area (Å²) >= 11 is 0. The molecular formula is C13H16N2O. The molecule has 0 unspecified atom stereocenters. The number of carbonyl (C=O) groups excluding carboxylic acids is 1. The monoisotopic (exact) mass is 216 g/mol. The van der Waals surface area contributed by atoms with Gasteiger partial charge in [-0.1, -0.05) is 0 Å². The Bertz CT molecular complexity index is 424. The predicted octanol–water partition coefficient (Wildman–Crippen LogP) is 1.79. The maximum Gasteiger partial charge on any atom is 0.251 e. The zero-order chi connectivity index (χ0) is 11.0. The molecule has 1 aromatic rings.